The van der Waals surface area contributed by atoms with Gasteiger partial charge in [-0.25, -0.2) is 4.79 Å². The molecule has 6 nitrogen and oxygen atoms in total. The Bertz CT molecular complexity index is 970. The molecule has 1 aromatic carbocycles. The van der Waals surface area contributed by atoms with Crippen molar-refractivity contribution in [2.75, 3.05) is 39.4 Å². The van der Waals surface area contributed by atoms with Gasteiger partial charge >= 0.3 is 6.09 Å². The van der Waals surface area contributed by atoms with Crippen molar-refractivity contribution in [3.05, 3.63) is 29.3 Å². The van der Waals surface area contributed by atoms with Gasteiger partial charge < -0.3 is 19.5 Å². The Morgan fingerprint density at radius 1 is 1.11 bits per heavy atom. The summed E-state index contributed by atoms with van der Waals surface area (Å²) in [5.41, 5.74) is 2.96. The van der Waals surface area contributed by atoms with Gasteiger partial charge in [-0.05, 0) is 97.3 Å². The quantitative estimate of drug-likeness (QED) is 0.601. The molecule has 2 heterocycles. The minimum Gasteiger partial charge on any atom is -0.410 e. The van der Waals surface area contributed by atoms with E-state index >= 15 is 0 Å². The maximum Gasteiger partial charge on any atom is 0.415 e. The fourth-order valence-corrected chi connectivity index (χ4v) is 8.98. The Morgan fingerprint density at radius 2 is 1.89 bits per heavy atom. The van der Waals surface area contributed by atoms with E-state index in [4.69, 9.17) is 9.47 Å². The second-order valence-electron chi connectivity index (χ2n) is 12.8. The van der Waals surface area contributed by atoms with Crippen molar-refractivity contribution in [3.63, 3.8) is 0 Å². The first-order valence-electron chi connectivity index (χ1n) is 15.1. The van der Waals surface area contributed by atoms with E-state index in [1.807, 2.05) is 11.0 Å². The number of morpholine rings is 1. The molecular weight excluding hydrogens is 464 g/mol. The molecule has 2 saturated heterocycles. The summed E-state index contributed by atoms with van der Waals surface area (Å²) in [6.07, 6.45) is 9.62. The highest BCUT2D eigenvalue weighted by Crippen LogP contribution is 2.62. The van der Waals surface area contributed by atoms with Gasteiger partial charge in [0.15, 0.2) is 0 Å². The van der Waals surface area contributed by atoms with Crippen molar-refractivity contribution in [1.82, 2.24) is 9.80 Å². The van der Waals surface area contributed by atoms with Crippen molar-refractivity contribution in [2.24, 2.45) is 23.2 Å². The third-order valence-electron chi connectivity index (χ3n) is 11.0. The summed E-state index contributed by atoms with van der Waals surface area (Å²) in [5.74, 6) is 3.23. The van der Waals surface area contributed by atoms with E-state index in [0.717, 1.165) is 71.5 Å². The standard InChI is InChI=1S/C31H46N2O4/c1-3-4-21-19-22-20-24(37-30(35)33-13-10-23(11-14-33)32-15-17-36-18-16-32)5-6-25(22)26-9-12-31(2)27(29(21)26)7-8-28(31)34/h5-6,20-21,23,26-29,34H,3-4,7-19H2,1-2H3/t21-,26-,27+,28+,29-,31+/m1/s1. The molecule has 3 aliphatic carbocycles. The summed E-state index contributed by atoms with van der Waals surface area (Å²) < 4.78 is 11.4. The zero-order valence-electron chi connectivity index (χ0n) is 22.9. The molecule has 0 unspecified atom stereocenters. The number of amides is 1. The number of likely N-dealkylation sites (tertiary alicyclic amines) is 1. The average molecular weight is 511 g/mol. The second-order valence-corrected chi connectivity index (χ2v) is 12.8. The Balaban J connectivity index is 1.13. The molecule has 0 aromatic heterocycles. The number of aliphatic hydroxyl groups excluding tert-OH is 1. The molecule has 2 aliphatic heterocycles. The summed E-state index contributed by atoms with van der Waals surface area (Å²) in [6, 6.07) is 7.02. The van der Waals surface area contributed by atoms with Crippen LogP contribution in [-0.4, -0.2) is 72.5 Å². The van der Waals surface area contributed by atoms with Gasteiger partial charge in [0.2, 0.25) is 0 Å². The largest absolute Gasteiger partial charge is 0.415 e. The molecule has 1 amide bonds. The fraction of sp³-hybridized carbons (Fsp3) is 0.774. The Labute approximate surface area is 222 Å². The van der Waals surface area contributed by atoms with Crippen LogP contribution in [0.3, 0.4) is 0 Å². The smallest absolute Gasteiger partial charge is 0.410 e. The minimum atomic E-state index is -0.201. The molecule has 4 fully saturated rings. The molecule has 204 valence electrons. The van der Waals surface area contributed by atoms with Crippen LogP contribution in [0.2, 0.25) is 0 Å². The minimum absolute atomic E-state index is 0.0926. The number of benzene rings is 1. The number of fused-ring (bicyclic) bond motifs is 5. The maximum atomic E-state index is 13.1. The molecule has 0 spiro atoms. The first kappa shape index (κ1) is 25.6. The van der Waals surface area contributed by atoms with Gasteiger partial charge in [0.25, 0.3) is 0 Å². The van der Waals surface area contributed by atoms with Gasteiger partial charge in [-0.2, -0.15) is 0 Å². The van der Waals surface area contributed by atoms with Crippen LogP contribution in [0.4, 0.5) is 4.79 Å². The first-order chi connectivity index (χ1) is 18.0. The van der Waals surface area contributed by atoms with Gasteiger partial charge in [0, 0.05) is 32.2 Å². The van der Waals surface area contributed by atoms with Crippen molar-refractivity contribution in [3.8, 4) is 5.75 Å². The molecule has 1 N–H and O–H groups in total. The average Bonchev–Trinajstić information content (AvgIpc) is 3.23. The summed E-state index contributed by atoms with van der Waals surface area (Å²) in [7, 11) is 0. The number of rotatable bonds is 4. The SMILES string of the molecule is CCC[C@@H]1Cc2cc(OC(=O)N3CCC(N4CCOCC4)CC3)ccc2[C@H]2CC[C@]3(C)[C@@H](O)CC[C@H]3[C@H]12. The summed E-state index contributed by atoms with van der Waals surface area (Å²) >= 11 is 0. The lowest BCUT2D eigenvalue weighted by molar-refractivity contribution is -0.0394. The van der Waals surface area contributed by atoms with Crippen LogP contribution in [0.1, 0.15) is 82.3 Å². The van der Waals surface area contributed by atoms with Gasteiger partial charge in [0.1, 0.15) is 5.75 Å². The summed E-state index contributed by atoms with van der Waals surface area (Å²) in [5, 5.41) is 10.8. The van der Waals surface area contributed by atoms with E-state index in [9.17, 15) is 9.90 Å². The van der Waals surface area contributed by atoms with Crippen molar-refractivity contribution in [2.45, 2.75) is 89.7 Å². The molecule has 0 bridgehead atoms. The number of carbonyl (C=O) groups is 1. The number of hydrogen-bond donors (Lipinski definition) is 1. The van der Waals surface area contributed by atoms with Crippen molar-refractivity contribution in [1.29, 1.82) is 0 Å². The lowest BCUT2D eigenvalue weighted by atomic mass is 9.52. The first-order valence-corrected chi connectivity index (χ1v) is 15.1. The second kappa shape index (κ2) is 10.5. The maximum absolute atomic E-state index is 13.1. The van der Waals surface area contributed by atoms with Gasteiger partial charge in [-0.15, -0.1) is 0 Å². The van der Waals surface area contributed by atoms with E-state index in [1.165, 1.54) is 36.8 Å². The number of carbonyl (C=O) groups excluding carboxylic acids is 1. The summed E-state index contributed by atoms with van der Waals surface area (Å²) in [6.45, 7) is 9.84. The Kier molecular flexibility index (Phi) is 7.28. The zero-order valence-corrected chi connectivity index (χ0v) is 22.9. The fourth-order valence-electron chi connectivity index (χ4n) is 8.98. The van der Waals surface area contributed by atoms with E-state index in [-0.39, 0.29) is 17.6 Å². The molecule has 5 aliphatic rings. The highest BCUT2D eigenvalue weighted by Gasteiger charge is 2.56. The van der Waals surface area contributed by atoms with Crippen LogP contribution in [0, 0.1) is 23.2 Å². The third-order valence-corrected chi connectivity index (χ3v) is 11.0. The normalized spacial score (nSPS) is 36.5. The van der Waals surface area contributed by atoms with Crippen LogP contribution >= 0.6 is 0 Å². The van der Waals surface area contributed by atoms with E-state index in [2.05, 4.69) is 30.9 Å². The molecule has 6 rings (SSSR count). The molecule has 37 heavy (non-hydrogen) atoms. The Morgan fingerprint density at radius 3 is 2.65 bits per heavy atom. The molecule has 6 atom stereocenters. The molecule has 2 saturated carbocycles. The summed E-state index contributed by atoms with van der Waals surface area (Å²) in [4.78, 5) is 17.5. The number of ether oxygens (including phenoxy) is 2. The monoisotopic (exact) mass is 510 g/mol. The predicted octanol–water partition coefficient (Wildman–Crippen LogP) is 5.23. The van der Waals surface area contributed by atoms with Crippen LogP contribution < -0.4 is 4.74 Å². The van der Waals surface area contributed by atoms with Crippen molar-refractivity contribution < 1.29 is 19.4 Å². The van der Waals surface area contributed by atoms with Crippen LogP contribution in [-0.2, 0) is 11.2 Å². The molecule has 6 heteroatoms. The van der Waals surface area contributed by atoms with Gasteiger partial charge in [-0.1, -0.05) is 32.8 Å². The van der Waals surface area contributed by atoms with Crippen LogP contribution in [0.15, 0.2) is 18.2 Å². The van der Waals surface area contributed by atoms with Gasteiger partial charge in [0.05, 0.1) is 19.3 Å². The van der Waals surface area contributed by atoms with Gasteiger partial charge in [-0.3, -0.25) is 4.90 Å². The van der Waals surface area contributed by atoms with E-state index in [1.54, 1.807) is 0 Å². The van der Waals surface area contributed by atoms with E-state index < -0.39 is 0 Å². The zero-order chi connectivity index (χ0) is 25.6. The van der Waals surface area contributed by atoms with E-state index in [0.29, 0.717) is 35.5 Å². The number of hydrogen-bond acceptors (Lipinski definition) is 5. The lowest BCUT2D eigenvalue weighted by Crippen LogP contribution is -2.50. The third kappa shape index (κ3) is 4.72. The molecule has 1 aromatic rings. The lowest BCUT2D eigenvalue weighted by Gasteiger charge is -2.53. The highest BCUT2D eigenvalue weighted by molar-refractivity contribution is 5.71. The predicted molar refractivity (Wildman–Crippen MR) is 144 cm³/mol. The van der Waals surface area contributed by atoms with Crippen LogP contribution in [0.25, 0.3) is 0 Å². The highest BCUT2D eigenvalue weighted by atomic mass is 16.6. The Hall–Kier alpha value is -1.63. The van der Waals surface area contributed by atoms with Crippen LogP contribution in [0.5, 0.6) is 5.75 Å². The molecule has 0 radical (unpaired) electrons. The topological polar surface area (TPSA) is 62.2 Å². The number of piperidine rings is 1. The number of nitrogens with zero attached hydrogens (tertiary/aromatic N) is 2. The van der Waals surface area contributed by atoms with Crippen molar-refractivity contribution >= 4 is 6.09 Å². The molecular formula is C31H46N2O4. The number of aliphatic hydroxyl groups is 1.